The van der Waals surface area contributed by atoms with Crippen LogP contribution in [-0.2, 0) is 17.6 Å². The van der Waals surface area contributed by atoms with Gasteiger partial charge in [-0.25, -0.2) is 9.59 Å². The van der Waals surface area contributed by atoms with Gasteiger partial charge >= 0.3 is 12.1 Å². The number of aryl methyl sites for hydroxylation is 1. The lowest BCUT2D eigenvalue weighted by molar-refractivity contribution is -0.125. The number of carbonyl (C=O) groups is 3. The van der Waals surface area contributed by atoms with E-state index in [1.165, 1.54) is 11.1 Å². The maximum absolute atomic E-state index is 12.8. The fourth-order valence-corrected chi connectivity index (χ4v) is 4.80. The van der Waals surface area contributed by atoms with Gasteiger partial charge in [-0.1, -0.05) is 24.3 Å². The van der Waals surface area contributed by atoms with E-state index in [0.717, 1.165) is 25.7 Å². The first kappa shape index (κ1) is 18.8. The summed E-state index contributed by atoms with van der Waals surface area (Å²) >= 11 is 0. The summed E-state index contributed by atoms with van der Waals surface area (Å²) in [6, 6.07) is 8.19. The van der Waals surface area contributed by atoms with Crippen LogP contribution in [0, 0.1) is 5.92 Å². The van der Waals surface area contributed by atoms with Crippen molar-refractivity contribution in [2.75, 3.05) is 13.1 Å². The van der Waals surface area contributed by atoms with Gasteiger partial charge in [-0.2, -0.15) is 0 Å². The Bertz CT molecular complexity index is 788. The molecule has 0 saturated carbocycles. The number of likely N-dealkylation sites (tertiary alicyclic amines) is 1. The van der Waals surface area contributed by atoms with Crippen LogP contribution in [0.1, 0.15) is 43.7 Å². The molecule has 0 spiro atoms. The minimum atomic E-state index is -0.870. The summed E-state index contributed by atoms with van der Waals surface area (Å²) in [6.07, 6.45) is 5.41. The second-order valence-corrected chi connectivity index (χ2v) is 8.38. The summed E-state index contributed by atoms with van der Waals surface area (Å²) in [5.41, 5.74) is 1.86. The molecule has 1 aliphatic carbocycles. The number of rotatable bonds is 2. The van der Waals surface area contributed by atoms with Gasteiger partial charge in [0, 0.05) is 19.1 Å². The molecule has 7 nitrogen and oxygen atoms in total. The van der Waals surface area contributed by atoms with Gasteiger partial charge in [-0.05, 0) is 62.5 Å². The molecule has 0 aromatic heterocycles. The predicted octanol–water partition coefficient (Wildman–Crippen LogP) is 1.95. The molecule has 3 N–H and O–H groups in total. The van der Waals surface area contributed by atoms with Crippen LogP contribution in [0.25, 0.3) is 0 Å². The number of hydrogen-bond donors (Lipinski definition) is 3. The van der Waals surface area contributed by atoms with E-state index < -0.39 is 11.6 Å². The van der Waals surface area contributed by atoms with Gasteiger partial charge in [0.05, 0.1) is 0 Å². The van der Waals surface area contributed by atoms with Gasteiger partial charge in [-0.3, -0.25) is 10.1 Å². The second kappa shape index (κ2) is 7.45. The number of carbonyl (C=O) groups excluding carboxylic acids is 3. The Labute approximate surface area is 165 Å². The lowest BCUT2D eigenvalue weighted by Crippen LogP contribution is -2.55. The van der Waals surface area contributed by atoms with Crippen LogP contribution in [0.3, 0.4) is 0 Å². The number of urea groups is 2. The van der Waals surface area contributed by atoms with Crippen molar-refractivity contribution >= 4 is 18.0 Å². The van der Waals surface area contributed by atoms with Crippen molar-refractivity contribution in [1.82, 2.24) is 20.9 Å². The average molecular weight is 384 g/mol. The molecule has 3 aliphatic rings. The summed E-state index contributed by atoms with van der Waals surface area (Å²) in [6.45, 7) is 2.97. The third-order valence-corrected chi connectivity index (χ3v) is 6.58. The van der Waals surface area contributed by atoms with Crippen molar-refractivity contribution < 1.29 is 14.4 Å². The van der Waals surface area contributed by atoms with E-state index in [1.54, 1.807) is 6.92 Å². The highest BCUT2D eigenvalue weighted by Crippen LogP contribution is 2.30. The molecule has 2 atom stereocenters. The molecule has 2 unspecified atom stereocenters. The topological polar surface area (TPSA) is 90.5 Å². The van der Waals surface area contributed by atoms with Crippen LogP contribution >= 0.6 is 0 Å². The highest BCUT2D eigenvalue weighted by molar-refractivity contribution is 6.07. The first-order valence-corrected chi connectivity index (χ1v) is 10.2. The lowest BCUT2D eigenvalue weighted by atomic mass is 9.79. The first-order valence-electron chi connectivity index (χ1n) is 10.2. The Hall–Kier alpha value is -2.57. The number of benzene rings is 1. The maximum atomic E-state index is 12.8. The fourth-order valence-electron chi connectivity index (χ4n) is 4.80. The summed E-state index contributed by atoms with van der Waals surface area (Å²) in [5.74, 6) is -0.231. The Balaban J connectivity index is 1.32. The molecule has 0 bridgehead atoms. The number of hydrogen-bond acceptors (Lipinski definition) is 3. The monoisotopic (exact) mass is 384 g/mol. The minimum Gasteiger partial charge on any atom is -0.335 e. The van der Waals surface area contributed by atoms with Crippen LogP contribution in [0.2, 0.25) is 0 Å². The van der Waals surface area contributed by atoms with Crippen molar-refractivity contribution in [2.24, 2.45) is 5.92 Å². The van der Waals surface area contributed by atoms with Crippen molar-refractivity contribution in [3.05, 3.63) is 35.4 Å². The van der Waals surface area contributed by atoms with E-state index in [9.17, 15) is 14.4 Å². The maximum Gasteiger partial charge on any atom is 0.322 e. The van der Waals surface area contributed by atoms with Crippen molar-refractivity contribution in [1.29, 1.82) is 0 Å². The fraction of sp³-hybridized carbons (Fsp3) is 0.571. The lowest BCUT2D eigenvalue weighted by Gasteiger charge is -2.39. The number of amides is 5. The van der Waals surface area contributed by atoms with Crippen LogP contribution in [0.15, 0.2) is 24.3 Å². The molecule has 2 aliphatic heterocycles. The van der Waals surface area contributed by atoms with E-state index in [4.69, 9.17) is 0 Å². The van der Waals surface area contributed by atoms with Crippen LogP contribution in [0.4, 0.5) is 9.59 Å². The average Bonchev–Trinajstić information content (AvgIpc) is 2.83. The van der Waals surface area contributed by atoms with E-state index in [-0.39, 0.29) is 23.9 Å². The van der Waals surface area contributed by atoms with E-state index in [2.05, 4.69) is 40.2 Å². The quantitative estimate of drug-likeness (QED) is 0.538. The number of fused-ring (bicyclic) bond motifs is 1. The van der Waals surface area contributed by atoms with Gasteiger partial charge < -0.3 is 15.5 Å². The van der Waals surface area contributed by atoms with Crippen molar-refractivity contribution in [2.45, 2.75) is 57.0 Å². The molecule has 150 valence electrons. The van der Waals surface area contributed by atoms with Gasteiger partial charge in [0.15, 0.2) is 0 Å². The zero-order valence-corrected chi connectivity index (χ0v) is 16.3. The Kier molecular flexibility index (Phi) is 5.00. The molecule has 4 rings (SSSR count). The molecular weight excluding hydrogens is 356 g/mol. The molecule has 0 radical (unpaired) electrons. The van der Waals surface area contributed by atoms with E-state index in [1.807, 2.05) is 4.90 Å². The molecule has 7 heteroatoms. The van der Waals surface area contributed by atoms with Gasteiger partial charge in [0.2, 0.25) is 0 Å². The highest BCUT2D eigenvalue weighted by atomic mass is 16.2. The van der Waals surface area contributed by atoms with Crippen molar-refractivity contribution in [3.63, 3.8) is 0 Å². The van der Waals surface area contributed by atoms with E-state index in [0.29, 0.717) is 25.9 Å². The number of nitrogens with zero attached hydrogens (tertiary/aromatic N) is 1. The molecule has 2 saturated heterocycles. The van der Waals surface area contributed by atoms with Crippen LogP contribution in [0.5, 0.6) is 0 Å². The SMILES string of the molecule is CC1(C2CCN(C(=O)NC3CCCc4ccccc4C3)CC2)NC(=O)NC1=O. The largest absolute Gasteiger partial charge is 0.335 e. The summed E-state index contributed by atoms with van der Waals surface area (Å²) in [7, 11) is 0. The predicted molar refractivity (Wildman–Crippen MR) is 105 cm³/mol. The van der Waals surface area contributed by atoms with E-state index >= 15 is 0 Å². The van der Waals surface area contributed by atoms with Gasteiger partial charge in [-0.15, -0.1) is 0 Å². The smallest absolute Gasteiger partial charge is 0.322 e. The van der Waals surface area contributed by atoms with Gasteiger partial charge in [0.25, 0.3) is 5.91 Å². The molecular formula is C21H28N4O3. The third kappa shape index (κ3) is 3.57. The normalized spacial score (nSPS) is 28.2. The summed E-state index contributed by atoms with van der Waals surface area (Å²) in [5, 5.41) is 8.30. The zero-order valence-electron chi connectivity index (χ0n) is 16.3. The van der Waals surface area contributed by atoms with Gasteiger partial charge in [0.1, 0.15) is 5.54 Å². The van der Waals surface area contributed by atoms with Crippen LogP contribution in [-0.4, -0.2) is 47.5 Å². The highest BCUT2D eigenvalue weighted by Gasteiger charge is 2.48. The Morgan fingerprint density at radius 1 is 1.14 bits per heavy atom. The third-order valence-electron chi connectivity index (χ3n) is 6.58. The second-order valence-electron chi connectivity index (χ2n) is 8.38. The molecule has 28 heavy (non-hydrogen) atoms. The van der Waals surface area contributed by atoms with Crippen molar-refractivity contribution in [3.8, 4) is 0 Å². The number of imide groups is 1. The van der Waals surface area contributed by atoms with Crippen LogP contribution < -0.4 is 16.0 Å². The molecule has 1 aromatic rings. The first-order chi connectivity index (χ1) is 13.5. The number of piperidine rings is 1. The summed E-state index contributed by atoms with van der Waals surface area (Å²) in [4.78, 5) is 38.3. The molecule has 2 fully saturated rings. The molecule has 2 heterocycles. The summed E-state index contributed by atoms with van der Waals surface area (Å²) < 4.78 is 0. The molecule has 5 amide bonds. The standard InChI is InChI=1S/C21H28N4O3/c1-21(18(26)23-19(27)24-21)16-9-11-25(12-10-16)20(28)22-17-8-4-7-14-5-2-3-6-15(14)13-17/h2-3,5-6,16-17H,4,7-13H2,1H3,(H,22,28)(H2,23,24,26,27). The Morgan fingerprint density at radius 3 is 2.54 bits per heavy atom. The zero-order chi connectivity index (χ0) is 19.7. The Morgan fingerprint density at radius 2 is 1.86 bits per heavy atom. The number of nitrogens with one attached hydrogen (secondary N) is 3. The molecule has 1 aromatic carbocycles. The minimum absolute atomic E-state index is 0.0205.